The van der Waals surface area contributed by atoms with E-state index in [9.17, 15) is 4.79 Å². The zero-order valence-electron chi connectivity index (χ0n) is 12.4. The molecule has 114 valence electrons. The van der Waals surface area contributed by atoms with Gasteiger partial charge in [0.1, 0.15) is 0 Å². The quantitative estimate of drug-likeness (QED) is 0.778. The summed E-state index contributed by atoms with van der Waals surface area (Å²) in [5, 5.41) is 3.96. The lowest BCUT2D eigenvalue weighted by atomic mass is 10.0. The van der Waals surface area contributed by atoms with E-state index < -0.39 is 0 Å². The van der Waals surface area contributed by atoms with Crippen molar-refractivity contribution in [3.63, 3.8) is 0 Å². The summed E-state index contributed by atoms with van der Waals surface area (Å²) < 4.78 is 0. The van der Waals surface area contributed by atoms with Gasteiger partial charge in [0.05, 0.1) is 18.2 Å². The molecule has 0 aromatic heterocycles. The maximum atomic E-state index is 12.5. The van der Waals surface area contributed by atoms with Crippen molar-refractivity contribution in [3.05, 3.63) is 66.2 Å². The van der Waals surface area contributed by atoms with Gasteiger partial charge in [-0.15, -0.1) is 11.6 Å². The number of halogens is 1. The van der Waals surface area contributed by atoms with Crippen LogP contribution in [0, 0.1) is 0 Å². The van der Waals surface area contributed by atoms with E-state index in [2.05, 4.69) is 17.1 Å². The van der Waals surface area contributed by atoms with Crippen LogP contribution in [0.5, 0.6) is 0 Å². The molecule has 22 heavy (non-hydrogen) atoms. The topological polar surface area (TPSA) is 23.6 Å². The third-order valence-corrected chi connectivity index (χ3v) is 4.19. The lowest BCUT2D eigenvalue weighted by Crippen LogP contribution is -2.41. The van der Waals surface area contributed by atoms with Crippen molar-refractivity contribution in [1.29, 1.82) is 0 Å². The fraction of sp³-hybridized carbons (Fsp3) is 0.278. The molecule has 1 amide bonds. The molecule has 1 aliphatic rings. The van der Waals surface area contributed by atoms with Crippen molar-refractivity contribution in [2.45, 2.75) is 18.9 Å². The van der Waals surface area contributed by atoms with Gasteiger partial charge < -0.3 is 0 Å². The van der Waals surface area contributed by atoms with E-state index in [0.717, 1.165) is 17.7 Å². The highest BCUT2D eigenvalue weighted by Crippen LogP contribution is 2.37. The van der Waals surface area contributed by atoms with Crippen molar-refractivity contribution in [3.8, 4) is 0 Å². The smallest absolute Gasteiger partial charge is 0.243 e. The average molecular weight is 315 g/mol. The summed E-state index contributed by atoms with van der Waals surface area (Å²) in [7, 11) is 0. The maximum Gasteiger partial charge on any atom is 0.243 e. The van der Waals surface area contributed by atoms with Crippen LogP contribution < -0.4 is 5.01 Å². The Balaban J connectivity index is 1.97. The zero-order chi connectivity index (χ0) is 15.4. The normalized spacial score (nSPS) is 18.0. The molecule has 0 aliphatic carbocycles. The van der Waals surface area contributed by atoms with Gasteiger partial charge in [0.25, 0.3) is 0 Å². The Kier molecular flexibility index (Phi) is 4.64. The molecule has 1 aliphatic heterocycles. The first-order chi connectivity index (χ1) is 10.8. The second kappa shape index (κ2) is 6.84. The van der Waals surface area contributed by atoms with Gasteiger partial charge in [-0.2, -0.15) is 0 Å². The van der Waals surface area contributed by atoms with E-state index >= 15 is 0 Å². The minimum Gasteiger partial charge on any atom is -0.275 e. The number of carbonyl (C=O) groups is 1. The molecule has 1 unspecified atom stereocenters. The molecular weight excluding hydrogens is 296 g/mol. The van der Waals surface area contributed by atoms with Gasteiger partial charge in [0.2, 0.25) is 5.91 Å². The summed E-state index contributed by atoms with van der Waals surface area (Å²) in [5.74, 6) is 0.713. The molecule has 2 aromatic carbocycles. The Bertz CT molecular complexity index is 617. The van der Waals surface area contributed by atoms with E-state index in [1.54, 1.807) is 0 Å². The van der Waals surface area contributed by atoms with Crippen LogP contribution in [-0.2, 0) is 4.79 Å². The van der Waals surface area contributed by atoms with E-state index in [-0.39, 0.29) is 11.9 Å². The van der Waals surface area contributed by atoms with Crippen molar-refractivity contribution >= 4 is 23.2 Å². The summed E-state index contributed by atoms with van der Waals surface area (Å²) in [6.07, 6.45) is 1.29. The van der Waals surface area contributed by atoms with Gasteiger partial charge in [0.15, 0.2) is 0 Å². The van der Waals surface area contributed by atoms with Crippen molar-refractivity contribution in [1.82, 2.24) is 5.01 Å². The van der Waals surface area contributed by atoms with Gasteiger partial charge in [-0.3, -0.25) is 14.8 Å². The SMILES string of the molecule is O=C1CC(c2ccccc2)N(c2ccccc2)N1CCCCl. The molecule has 0 N–H and O–H groups in total. The molecule has 2 aromatic rings. The van der Waals surface area contributed by atoms with Gasteiger partial charge in [-0.25, -0.2) is 0 Å². The van der Waals surface area contributed by atoms with Gasteiger partial charge in [0, 0.05) is 12.4 Å². The van der Waals surface area contributed by atoms with Crippen LogP contribution in [0.4, 0.5) is 5.69 Å². The van der Waals surface area contributed by atoms with Crippen molar-refractivity contribution in [2.75, 3.05) is 17.4 Å². The number of nitrogens with zero attached hydrogens (tertiary/aromatic N) is 2. The summed E-state index contributed by atoms with van der Waals surface area (Å²) in [6, 6.07) is 20.3. The van der Waals surface area contributed by atoms with Crippen LogP contribution in [0.15, 0.2) is 60.7 Å². The standard InChI is InChI=1S/C18H19ClN2O/c19-12-7-13-20-18(22)14-17(15-8-3-1-4-9-15)21(20)16-10-5-2-6-11-16/h1-6,8-11,17H,7,12-14H2. The third kappa shape index (κ3) is 2.95. The molecule has 0 saturated carbocycles. The van der Waals surface area contributed by atoms with Gasteiger partial charge in [-0.05, 0) is 24.1 Å². The third-order valence-electron chi connectivity index (χ3n) is 3.92. The minimum atomic E-state index is 0.0476. The van der Waals surface area contributed by atoms with Crippen molar-refractivity contribution < 1.29 is 4.79 Å². The summed E-state index contributed by atoms with van der Waals surface area (Å²) >= 11 is 5.82. The number of amides is 1. The predicted molar refractivity (Wildman–Crippen MR) is 89.8 cm³/mol. The summed E-state index contributed by atoms with van der Waals surface area (Å²) in [4.78, 5) is 12.5. The van der Waals surface area contributed by atoms with Gasteiger partial charge >= 0.3 is 0 Å². The number of para-hydroxylation sites is 1. The number of hydrogen-bond acceptors (Lipinski definition) is 2. The van der Waals surface area contributed by atoms with Gasteiger partial charge in [-0.1, -0.05) is 48.5 Å². The highest BCUT2D eigenvalue weighted by atomic mass is 35.5. The molecule has 3 rings (SSSR count). The van der Waals surface area contributed by atoms with Crippen LogP contribution in [0.1, 0.15) is 24.4 Å². The minimum absolute atomic E-state index is 0.0476. The highest BCUT2D eigenvalue weighted by molar-refractivity contribution is 6.17. The first kappa shape index (κ1) is 14.9. The van der Waals surface area contributed by atoms with Crippen LogP contribution in [0.2, 0.25) is 0 Å². The number of benzene rings is 2. The number of rotatable bonds is 5. The van der Waals surface area contributed by atoms with E-state index in [1.807, 2.05) is 53.5 Å². The van der Waals surface area contributed by atoms with Crippen LogP contribution in [-0.4, -0.2) is 23.3 Å². The Labute approximate surface area is 136 Å². The fourth-order valence-electron chi connectivity index (χ4n) is 2.92. The summed E-state index contributed by atoms with van der Waals surface area (Å²) in [5.41, 5.74) is 2.20. The number of anilines is 1. The first-order valence-corrected chi connectivity index (χ1v) is 8.10. The monoisotopic (exact) mass is 314 g/mol. The van der Waals surface area contributed by atoms with E-state index in [4.69, 9.17) is 11.6 Å². The average Bonchev–Trinajstić information content (AvgIpc) is 2.91. The molecule has 3 nitrogen and oxygen atoms in total. The molecule has 4 heteroatoms. The predicted octanol–water partition coefficient (Wildman–Crippen LogP) is 4.01. The molecule has 0 bridgehead atoms. The molecular formula is C18H19ClN2O. The Morgan fingerprint density at radius 3 is 2.27 bits per heavy atom. The van der Waals surface area contributed by atoms with Crippen LogP contribution >= 0.6 is 11.6 Å². The second-order valence-electron chi connectivity index (χ2n) is 5.37. The summed E-state index contributed by atoms with van der Waals surface area (Å²) in [6.45, 7) is 0.653. The molecule has 0 radical (unpaired) electrons. The van der Waals surface area contributed by atoms with E-state index in [1.165, 1.54) is 0 Å². The fourth-order valence-corrected chi connectivity index (χ4v) is 3.04. The van der Waals surface area contributed by atoms with E-state index in [0.29, 0.717) is 18.8 Å². The molecule has 1 atom stereocenters. The second-order valence-corrected chi connectivity index (χ2v) is 5.75. The lowest BCUT2D eigenvalue weighted by Gasteiger charge is -2.34. The first-order valence-electron chi connectivity index (χ1n) is 7.56. The maximum absolute atomic E-state index is 12.5. The number of hydrogen-bond donors (Lipinski definition) is 0. The largest absolute Gasteiger partial charge is 0.275 e. The zero-order valence-corrected chi connectivity index (χ0v) is 13.1. The Hall–Kier alpha value is -2.00. The molecule has 1 heterocycles. The lowest BCUT2D eigenvalue weighted by molar-refractivity contribution is -0.128. The number of hydrazine groups is 1. The number of alkyl halides is 1. The molecule has 0 spiro atoms. The van der Waals surface area contributed by atoms with Crippen LogP contribution in [0.25, 0.3) is 0 Å². The number of carbonyl (C=O) groups excluding carboxylic acids is 1. The Morgan fingerprint density at radius 2 is 1.64 bits per heavy atom. The van der Waals surface area contributed by atoms with Crippen LogP contribution in [0.3, 0.4) is 0 Å². The molecule has 1 fully saturated rings. The Morgan fingerprint density at radius 1 is 1.00 bits per heavy atom. The highest BCUT2D eigenvalue weighted by Gasteiger charge is 2.38. The molecule has 1 saturated heterocycles. The van der Waals surface area contributed by atoms with Crippen molar-refractivity contribution in [2.24, 2.45) is 0 Å².